The molecule has 0 aliphatic carbocycles. The summed E-state index contributed by atoms with van der Waals surface area (Å²) in [6.45, 7) is 1.85. The highest BCUT2D eigenvalue weighted by Crippen LogP contribution is 2.06. The Labute approximate surface area is 83.0 Å². The molecule has 0 aliphatic heterocycles. The number of hydrogen-bond acceptors (Lipinski definition) is 3. The van der Waals surface area contributed by atoms with Crippen LogP contribution < -0.4 is 4.72 Å². The molecule has 0 saturated carbocycles. The molecule has 0 aromatic heterocycles. The zero-order valence-corrected chi connectivity index (χ0v) is 8.47. The van der Waals surface area contributed by atoms with Crippen LogP contribution in [0.2, 0.25) is 0 Å². The second-order valence-electron chi connectivity index (χ2n) is 2.80. The topological polar surface area (TPSA) is 63.2 Å². The average Bonchev–Trinajstić information content (AvgIpc) is 2.18. The number of nitrogens with one attached hydrogen (secondary N) is 1. The molecular formula is C9H10NO3S. The van der Waals surface area contributed by atoms with E-state index < -0.39 is 15.1 Å². The third kappa shape index (κ3) is 2.18. The minimum atomic E-state index is -3.96. The minimum Gasteiger partial charge on any atom is -0.274 e. The smallest absolute Gasteiger partial charge is 0.274 e. The van der Waals surface area contributed by atoms with Crippen molar-refractivity contribution >= 4 is 15.1 Å². The molecule has 1 aromatic rings. The fourth-order valence-electron chi connectivity index (χ4n) is 0.910. The standard InChI is InChI=1S/C9H10NO3S/c1-7-3-5-8(6-4-7)9(11)14(12,13)10-2/h3-6,10H,2H2,1H3. The molecule has 0 atom stereocenters. The fraction of sp³-hybridized carbons (Fsp3) is 0.111. The van der Waals surface area contributed by atoms with Crippen molar-refractivity contribution in [1.82, 2.24) is 4.72 Å². The summed E-state index contributed by atoms with van der Waals surface area (Å²) in [5, 5.41) is -0.965. The summed E-state index contributed by atoms with van der Waals surface area (Å²) in [6, 6.07) is 6.27. The van der Waals surface area contributed by atoms with Gasteiger partial charge in [0.2, 0.25) is 0 Å². The predicted octanol–water partition coefficient (Wildman–Crippen LogP) is 0.846. The average molecular weight is 212 g/mol. The Morgan fingerprint density at radius 1 is 1.29 bits per heavy atom. The van der Waals surface area contributed by atoms with Crippen LogP contribution in [0, 0.1) is 14.0 Å². The van der Waals surface area contributed by atoms with E-state index in [1.54, 1.807) is 16.9 Å². The molecule has 1 radical (unpaired) electrons. The van der Waals surface area contributed by atoms with Gasteiger partial charge in [-0.3, -0.25) is 4.79 Å². The molecule has 0 spiro atoms. The van der Waals surface area contributed by atoms with E-state index in [1.165, 1.54) is 12.1 Å². The van der Waals surface area contributed by atoms with E-state index in [9.17, 15) is 13.2 Å². The van der Waals surface area contributed by atoms with Gasteiger partial charge in [-0.25, -0.2) is 13.1 Å². The molecule has 0 amide bonds. The molecule has 0 heterocycles. The van der Waals surface area contributed by atoms with Crippen molar-refractivity contribution < 1.29 is 13.2 Å². The van der Waals surface area contributed by atoms with E-state index in [-0.39, 0.29) is 5.56 Å². The van der Waals surface area contributed by atoms with Crippen molar-refractivity contribution in [1.29, 1.82) is 0 Å². The van der Waals surface area contributed by atoms with Gasteiger partial charge in [0.15, 0.2) is 0 Å². The lowest BCUT2D eigenvalue weighted by Gasteiger charge is -2.01. The van der Waals surface area contributed by atoms with Crippen LogP contribution in [-0.2, 0) is 10.0 Å². The van der Waals surface area contributed by atoms with Crippen LogP contribution in [-0.4, -0.2) is 13.5 Å². The van der Waals surface area contributed by atoms with Gasteiger partial charge in [0.25, 0.3) is 15.1 Å². The van der Waals surface area contributed by atoms with Crippen LogP contribution >= 0.6 is 0 Å². The van der Waals surface area contributed by atoms with E-state index in [0.29, 0.717) is 0 Å². The van der Waals surface area contributed by atoms with Gasteiger partial charge < -0.3 is 0 Å². The van der Waals surface area contributed by atoms with E-state index in [2.05, 4.69) is 7.05 Å². The molecule has 14 heavy (non-hydrogen) atoms. The van der Waals surface area contributed by atoms with Crippen molar-refractivity contribution in [3.8, 4) is 0 Å². The van der Waals surface area contributed by atoms with E-state index in [4.69, 9.17) is 0 Å². The summed E-state index contributed by atoms with van der Waals surface area (Å²) in [6.07, 6.45) is 0. The molecule has 0 fully saturated rings. The van der Waals surface area contributed by atoms with Gasteiger partial charge in [-0.15, -0.1) is 0 Å². The maximum Gasteiger partial charge on any atom is 0.291 e. The van der Waals surface area contributed by atoms with Gasteiger partial charge in [0.05, 0.1) is 0 Å². The number of rotatable bonds is 2. The molecule has 4 nitrogen and oxygen atoms in total. The van der Waals surface area contributed by atoms with Crippen molar-refractivity contribution in [2.24, 2.45) is 0 Å². The van der Waals surface area contributed by atoms with E-state index in [1.807, 2.05) is 6.92 Å². The quantitative estimate of drug-likeness (QED) is 0.790. The Kier molecular flexibility index (Phi) is 3.03. The highest BCUT2D eigenvalue weighted by molar-refractivity contribution is 8.05. The van der Waals surface area contributed by atoms with E-state index in [0.717, 1.165) is 5.56 Å². The Morgan fingerprint density at radius 3 is 2.21 bits per heavy atom. The SMILES string of the molecule is [CH2]NS(=O)(=O)C(=O)c1ccc(C)cc1. The van der Waals surface area contributed by atoms with Crippen LogP contribution in [0.25, 0.3) is 0 Å². The highest BCUT2D eigenvalue weighted by Gasteiger charge is 2.21. The molecule has 5 heteroatoms. The van der Waals surface area contributed by atoms with Crippen LogP contribution in [0.5, 0.6) is 0 Å². The van der Waals surface area contributed by atoms with E-state index >= 15 is 0 Å². The third-order valence-electron chi connectivity index (χ3n) is 1.72. The van der Waals surface area contributed by atoms with Crippen LogP contribution in [0.3, 0.4) is 0 Å². The van der Waals surface area contributed by atoms with Gasteiger partial charge in [-0.1, -0.05) is 17.7 Å². The zero-order chi connectivity index (χ0) is 10.8. The van der Waals surface area contributed by atoms with Gasteiger partial charge >= 0.3 is 0 Å². The van der Waals surface area contributed by atoms with Crippen molar-refractivity contribution in [2.45, 2.75) is 6.92 Å². The maximum absolute atomic E-state index is 11.3. The first-order chi connectivity index (χ1) is 6.47. The first-order valence-electron chi connectivity index (χ1n) is 3.87. The number of carbonyl (C=O) groups excluding carboxylic acids is 1. The summed E-state index contributed by atoms with van der Waals surface area (Å²) in [4.78, 5) is 11.3. The highest BCUT2D eigenvalue weighted by atomic mass is 32.2. The zero-order valence-electron chi connectivity index (χ0n) is 7.65. The summed E-state index contributed by atoms with van der Waals surface area (Å²) in [7, 11) is -1.00. The molecule has 1 aromatic carbocycles. The van der Waals surface area contributed by atoms with Gasteiger partial charge in [0.1, 0.15) is 0 Å². The Morgan fingerprint density at radius 2 is 1.79 bits per heavy atom. The molecular weight excluding hydrogens is 202 g/mol. The van der Waals surface area contributed by atoms with Crippen LogP contribution in [0.15, 0.2) is 24.3 Å². The number of sulfonamides is 1. The number of aryl methyl sites for hydroxylation is 1. The lowest BCUT2D eigenvalue weighted by Crippen LogP contribution is -2.25. The van der Waals surface area contributed by atoms with Crippen LogP contribution in [0.1, 0.15) is 15.9 Å². The molecule has 0 unspecified atom stereocenters. The first kappa shape index (κ1) is 10.9. The summed E-state index contributed by atoms with van der Waals surface area (Å²) in [5.74, 6) is 0. The Bertz CT molecular complexity index is 434. The Balaban J connectivity index is 3.08. The van der Waals surface area contributed by atoms with Gasteiger partial charge in [-0.2, -0.15) is 0 Å². The Hall–Kier alpha value is -1.20. The summed E-state index contributed by atoms with van der Waals surface area (Å²) >= 11 is 0. The lowest BCUT2D eigenvalue weighted by atomic mass is 10.2. The molecule has 1 rings (SSSR count). The number of benzene rings is 1. The predicted molar refractivity (Wildman–Crippen MR) is 52.9 cm³/mol. The van der Waals surface area contributed by atoms with Crippen molar-refractivity contribution in [3.63, 3.8) is 0 Å². The second kappa shape index (κ2) is 3.89. The monoisotopic (exact) mass is 212 g/mol. The largest absolute Gasteiger partial charge is 0.291 e. The molecule has 75 valence electrons. The molecule has 1 N–H and O–H groups in total. The minimum absolute atomic E-state index is 0.131. The first-order valence-corrected chi connectivity index (χ1v) is 5.35. The van der Waals surface area contributed by atoms with Gasteiger partial charge in [0, 0.05) is 12.6 Å². The number of carbonyl (C=O) groups is 1. The lowest BCUT2D eigenvalue weighted by molar-refractivity contribution is 0.107. The number of hydrogen-bond donors (Lipinski definition) is 1. The third-order valence-corrected chi connectivity index (χ3v) is 2.83. The van der Waals surface area contributed by atoms with Crippen LogP contribution in [0.4, 0.5) is 0 Å². The van der Waals surface area contributed by atoms with Gasteiger partial charge in [-0.05, 0) is 19.1 Å². The normalized spacial score (nSPS) is 11.3. The summed E-state index contributed by atoms with van der Waals surface area (Å²) in [5.41, 5.74) is 1.09. The fourth-order valence-corrected chi connectivity index (χ4v) is 1.49. The summed E-state index contributed by atoms with van der Waals surface area (Å²) < 4.78 is 23.8. The van der Waals surface area contributed by atoms with Crippen molar-refractivity contribution in [3.05, 3.63) is 42.4 Å². The molecule has 0 saturated heterocycles. The molecule has 0 bridgehead atoms. The van der Waals surface area contributed by atoms with Crippen molar-refractivity contribution in [2.75, 3.05) is 0 Å². The maximum atomic E-state index is 11.3. The molecule has 0 aliphatic rings. The second-order valence-corrected chi connectivity index (χ2v) is 4.47.